The Morgan fingerprint density at radius 2 is 1.66 bits per heavy atom. The van der Waals surface area contributed by atoms with Crippen LogP contribution in [0.1, 0.15) is 16.0 Å². The van der Waals surface area contributed by atoms with E-state index in [1.54, 1.807) is 4.68 Å². The molecule has 0 bridgehead atoms. The first-order chi connectivity index (χ1) is 15.6. The molecular formula is C26H28N4OS. The van der Waals surface area contributed by atoms with Gasteiger partial charge >= 0.3 is 0 Å². The van der Waals surface area contributed by atoms with Crippen molar-refractivity contribution in [3.05, 3.63) is 86.3 Å². The van der Waals surface area contributed by atoms with Crippen molar-refractivity contribution in [3.63, 3.8) is 0 Å². The molecule has 0 spiro atoms. The van der Waals surface area contributed by atoms with E-state index in [1.807, 2.05) is 35.6 Å². The lowest BCUT2D eigenvalue weighted by molar-refractivity contribution is 0.0979. The third-order valence-corrected chi connectivity index (χ3v) is 7.14. The SMILES string of the molecule is Cc1ccc(C)c(-c2nn(CN3CCN(Cc4cccs4)CC3)c(=O)c3ccccc23)c1. The van der Waals surface area contributed by atoms with Crippen LogP contribution >= 0.6 is 11.3 Å². The highest BCUT2D eigenvalue weighted by Crippen LogP contribution is 2.28. The molecule has 0 aliphatic carbocycles. The van der Waals surface area contributed by atoms with Gasteiger partial charge in [0.2, 0.25) is 0 Å². The number of hydrogen-bond acceptors (Lipinski definition) is 5. The predicted molar refractivity (Wildman–Crippen MR) is 132 cm³/mol. The Labute approximate surface area is 192 Å². The van der Waals surface area contributed by atoms with Gasteiger partial charge in [-0.05, 0) is 43.0 Å². The average Bonchev–Trinajstić information content (AvgIpc) is 3.32. The summed E-state index contributed by atoms with van der Waals surface area (Å²) >= 11 is 1.81. The minimum atomic E-state index is -0.0179. The summed E-state index contributed by atoms with van der Waals surface area (Å²) in [5.74, 6) is 0. The smallest absolute Gasteiger partial charge is 0.275 e. The van der Waals surface area contributed by atoms with Gasteiger partial charge in [-0.15, -0.1) is 11.3 Å². The van der Waals surface area contributed by atoms with Gasteiger partial charge in [0, 0.05) is 48.6 Å². The van der Waals surface area contributed by atoms with E-state index in [2.05, 4.69) is 59.4 Å². The Bertz CT molecular complexity index is 1290. The van der Waals surface area contributed by atoms with Gasteiger partial charge in [-0.2, -0.15) is 5.10 Å². The van der Waals surface area contributed by atoms with E-state index in [0.717, 1.165) is 54.8 Å². The summed E-state index contributed by atoms with van der Waals surface area (Å²) < 4.78 is 1.66. The first kappa shape index (κ1) is 21.1. The minimum Gasteiger partial charge on any atom is -0.296 e. The Hall–Kier alpha value is -2.80. The minimum absolute atomic E-state index is 0.0179. The third kappa shape index (κ3) is 4.26. The summed E-state index contributed by atoms with van der Waals surface area (Å²) in [4.78, 5) is 19.5. The number of hydrogen-bond donors (Lipinski definition) is 0. The second kappa shape index (κ2) is 8.98. The molecule has 2 aromatic heterocycles. The zero-order valence-electron chi connectivity index (χ0n) is 18.6. The maximum Gasteiger partial charge on any atom is 0.275 e. The molecule has 0 amide bonds. The van der Waals surface area contributed by atoms with Crippen LogP contribution in [0.2, 0.25) is 0 Å². The van der Waals surface area contributed by atoms with Crippen LogP contribution in [0.15, 0.2) is 64.8 Å². The standard InChI is InChI=1S/C26H28N4OS/c1-19-9-10-20(2)24(16-19)25-22-7-3-4-8-23(22)26(31)30(27-25)18-29-13-11-28(12-14-29)17-21-6-5-15-32-21/h3-10,15-16H,11-14,17-18H2,1-2H3. The van der Waals surface area contributed by atoms with E-state index in [-0.39, 0.29) is 5.56 Å². The van der Waals surface area contributed by atoms with E-state index in [4.69, 9.17) is 5.10 Å². The van der Waals surface area contributed by atoms with E-state index >= 15 is 0 Å². The lowest BCUT2D eigenvalue weighted by atomic mass is 9.99. The van der Waals surface area contributed by atoms with Crippen LogP contribution in [0, 0.1) is 13.8 Å². The van der Waals surface area contributed by atoms with Gasteiger partial charge in [0.15, 0.2) is 0 Å². The fourth-order valence-electron chi connectivity index (χ4n) is 4.42. The molecule has 5 rings (SSSR count). The summed E-state index contributed by atoms with van der Waals surface area (Å²) in [6.45, 7) is 9.61. The molecule has 0 N–H and O–H groups in total. The molecule has 164 valence electrons. The zero-order valence-corrected chi connectivity index (χ0v) is 19.4. The normalized spacial score (nSPS) is 15.4. The number of fused-ring (bicyclic) bond motifs is 1. The van der Waals surface area contributed by atoms with E-state index in [0.29, 0.717) is 6.67 Å². The number of aromatic nitrogens is 2. The van der Waals surface area contributed by atoms with Gasteiger partial charge in [0.05, 0.1) is 17.7 Å². The maximum atomic E-state index is 13.3. The monoisotopic (exact) mass is 444 g/mol. The van der Waals surface area contributed by atoms with Gasteiger partial charge in [-0.1, -0.05) is 42.0 Å². The van der Waals surface area contributed by atoms with Gasteiger partial charge < -0.3 is 0 Å². The highest BCUT2D eigenvalue weighted by Gasteiger charge is 2.20. The second-order valence-corrected chi connectivity index (χ2v) is 9.66. The van der Waals surface area contributed by atoms with Gasteiger partial charge in [0.25, 0.3) is 5.56 Å². The second-order valence-electron chi connectivity index (χ2n) is 8.63. The van der Waals surface area contributed by atoms with Gasteiger partial charge in [-0.25, -0.2) is 4.68 Å². The number of thiophene rings is 1. The molecule has 0 atom stereocenters. The molecule has 1 fully saturated rings. The average molecular weight is 445 g/mol. The fraction of sp³-hybridized carbons (Fsp3) is 0.308. The maximum absolute atomic E-state index is 13.3. The van der Waals surface area contributed by atoms with Crippen molar-refractivity contribution in [2.75, 3.05) is 26.2 Å². The van der Waals surface area contributed by atoms with Crippen molar-refractivity contribution < 1.29 is 0 Å². The molecule has 2 aromatic carbocycles. The molecule has 0 saturated carbocycles. The largest absolute Gasteiger partial charge is 0.296 e. The first-order valence-corrected chi connectivity index (χ1v) is 12.0. The van der Waals surface area contributed by atoms with Gasteiger partial charge in [0.1, 0.15) is 0 Å². The Balaban J connectivity index is 1.43. The van der Waals surface area contributed by atoms with Crippen LogP contribution in [0.25, 0.3) is 22.0 Å². The highest BCUT2D eigenvalue weighted by atomic mass is 32.1. The number of rotatable bonds is 5. The van der Waals surface area contributed by atoms with Crippen molar-refractivity contribution in [3.8, 4) is 11.3 Å². The molecule has 1 aliphatic heterocycles. The highest BCUT2D eigenvalue weighted by molar-refractivity contribution is 7.09. The summed E-state index contributed by atoms with van der Waals surface area (Å²) in [6.07, 6.45) is 0. The van der Waals surface area contributed by atoms with Crippen LogP contribution in [0.4, 0.5) is 0 Å². The van der Waals surface area contributed by atoms with Crippen molar-refractivity contribution in [1.29, 1.82) is 0 Å². The number of benzene rings is 2. The first-order valence-electron chi connectivity index (χ1n) is 11.1. The zero-order chi connectivity index (χ0) is 22.1. The molecule has 1 aliphatic rings. The van der Waals surface area contributed by atoms with Gasteiger partial charge in [-0.3, -0.25) is 14.6 Å². The summed E-state index contributed by atoms with van der Waals surface area (Å²) in [5, 5.41) is 8.68. The number of piperazine rings is 1. The van der Waals surface area contributed by atoms with Crippen LogP contribution in [0.3, 0.4) is 0 Å². The lowest BCUT2D eigenvalue weighted by Crippen LogP contribution is -2.47. The van der Waals surface area contributed by atoms with E-state index in [9.17, 15) is 4.79 Å². The van der Waals surface area contributed by atoms with Crippen molar-refractivity contribution in [1.82, 2.24) is 19.6 Å². The lowest BCUT2D eigenvalue weighted by Gasteiger charge is -2.34. The summed E-state index contributed by atoms with van der Waals surface area (Å²) in [5.41, 5.74) is 4.32. The Kier molecular flexibility index (Phi) is 5.91. The van der Waals surface area contributed by atoms with Crippen LogP contribution in [0.5, 0.6) is 0 Å². The quantitative estimate of drug-likeness (QED) is 0.454. The molecule has 3 heterocycles. The van der Waals surface area contributed by atoms with Crippen molar-refractivity contribution in [2.24, 2.45) is 0 Å². The molecule has 0 unspecified atom stereocenters. The summed E-state index contributed by atoms with van der Waals surface area (Å²) in [6, 6.07) is 18.6. The third-order valence-electron chi connectivity index (χ3n) is 6.27. The summed E-state index contributed by atoms with van der Waals surface area (Å²) in [7, 11) is 0. The Morgan fingerprint density at radius 1 is 0.906 bits per heavy atom. The van der Waals surface area contributed by atoms with E-state index in [1.165, 1.54) is 16.0 Å². The molecular weight excluding hydrogens is 416 g/mol. The predicted octanol–water partition coefficient (Wildman–Crippen LogP) is 4.52. The van der Waals surface area contributed by atoms with Crippen LogP contribution in [-0.4, -0.2) is 45.8 Å². The van der Waals surface area contributed by atoms with Crippen LogP contribution in [-0.2, 0) is 13.2 Å². The molecule has 0 radical (unpaired) electrons. The molecule has 32 heavy (non-hydrogen) atoms. The van der Waals surface area contributed by atoms with Crippen molar-refractivity contribution >= 4 is 22.1 Å². The molecule has 6 heteroatoms. The number of aryl methyl sites for hydroxylation is 2. The van der Waals surface area contributed by atoms with Crippen LogP contribution < -0.4 is 5.56 Å². The number of nitrogens with zero attached hydrogens (tertiary/aromatic N) is 4. The Morgan fingerprint density at radius 3 is 2.41 bits per heavy atom. The molecule has 5 nitrogen and oxygen atoms in total. The van der Waals surface area contributed by atoms with Crippen molar-refractivity contribution in [2.45, 2.75) is 27.1 Å². The fourth-order valence-corrected chi connectivity index (χ4v) is 5.17. The molecule has 4 aromatic rings. The van der Waals surface area contributed by atoms with E-state index < -0.39 is 0 Å². The molecule has 1 saturated heterocycles. The topological polar surface area (TPSA) is 41.4 Å².